The summed E-state index contributed by atoms with van der Waals surface area (Å²) in [5.74, 6) is 0.743. The second-order valence-corrected chi connectivity index (χ2v) is 18.7. The Labute approximate surface area is 408 Å². The number of carbonyl (C=O) groups excluding carboxylic acids is 4. The first kappa shape index (κ1) is 46.5. The van der Waals surface area contributed by atoms with Gasteiger partial charge >= 0.3 is 6.03 Å². The Morgan fingerprint density at radius 1 is 0.775 bits per heavy atom. The SMILES string of the molecule is Cc1nn(C2CCC(=O)NC2=O)c(=O)c2ccc(N3CCN(C(=O)N4CC(CC(=O)N5CCC(COc6cnc(-c7cccc(Cn8nc(-c9cccc(C#N)c9)ccc8=O)c7)nc6)CC5)C4)CC3)cc12. The number of urea groups is 1. The lowest BCUT2D eigenvalue weighted by Crippen LogP contribution is -2.59. The predicted molar refractivity (Wildman–Crippen MR) is 261 cm³/mol. The second kappa shape index (κ2) is 20.0. The smallest absolute Gasteiger partial charge is 0.320 e. The van der Waals surface area contributed by atoms with E-state index in [2.05, 4.69) is 36.5 Å². The van der Waals surface area contributed by atoms with Gasteiger partial charge in [-0.25, -0.2) is 24.1 Å². The first-order valence-electron chi connectivity index (χ1n) is 24.0. The van der Waals surface area contributed by atoms with Gasteiger partial charge in [0, 0.05) is 99.4 Å². The van der Waals surface area contributed by atoms with Crippen LogP contribution in [0.4, 0.5) is 10.5 Å². The predicted octanol–water partition coefficient (Wildman–Crippen LogP) is 4.16. The van der Waals surface area contributed by atoms with E-state index in [0.717, 1.165) is 35.2 Å². The minimum Gasteiger partial charge on any atom is -0.490 e. The fraction of sp³-hybridized carbons (Fsp3) is 0.365. The van der Waals surface area contributed by atoms with Crippen LogP contribution in [0.3, 0.4) is 0 Å². The average molecular weight is 957 g/mol. The zero-order valence-electron chi connectivity index (χ0n) is 39.3. The normalized spacial score (nSPS) is 17.7. The molecular weight excluding hydrogens is 905 g/mol. The number of hydrogen-bond donors (Lipinski definition) is 1. The van der Waals surface area contributed by atoms with E-state index in [9.17, 15) is 34.0 Å². The Balaban J connectivity index is 0.639. The van der Waals surface area contributed by atoms with Crippen LogP contribution in [0.1, 0.15) is 55.0 Å². The number of piperazine rings is 1. The van der Waals surface area contributed by atoms with E-state index in [0.29, 0.717) is 105 Å². The molecule has 1 N–H and O–H groups in total. The minimum absolute atomic E-state index is 0.0112. The highest BCUT2D eigenvalue weighted by molar-refractivity contribution is 5.99. The van der Waals surface area contributed by atoms with Crippen LogP contribution in [0, 0.1) is 30.1 Å². The lowest BCUT2D eigenvalue weighted by molar-refractivity contribution is -0.136. The summed E-state index contributed by atoms with van der Waals surface area (Å²) in [5.41, 5.74) is 4.40. The van der Waals surface area contributed by atoms with Crippen LogP contribution in [-0.2, 0) is 20.9 Å². The van der Waals surface area contributed by atoms with Crippen molar-refractivity contribution in [3.05, 3.63) is 129 Å². The summed E-state index contributed by atoms with van der Waals surface area (Å²) >= 11 is 0. The Kier molecular flexibility index (Phi) is 13.1. The third-order valence-electron chi connectivity index (χ3n) is 14.0. The molecule has 5 amide bonds. The van der Waals surface area contributed by atoms with Crippen LogP contribution >= 0.6 is 0 Å². The van der Waals surface area contributed by atoms with E-state index < -0.39 is 11.9 Å². The van der Waals surface area contributed by atoms with E-state index in [4.69, 9.17) is 4.74 Å². The molecule has 4 aliphatic heterocycles. The van der Waals surface area contributed by atoms with Crippen molar-refractivity contribution in [2.45, 2.75) is 51.6 Å². The number of carbonyl (C=O) groups is 4. The van der Waals surface area contributed by atoms with Gasteiger partial charge in [-0.1, -0.05) is 30.3 Å². The number of aromatic nitrogens is 6. The third-order valence-corrected chi connectivity index (χ3v) is 14.0. The van der Waals surface area contributed by atoms with Crippen molar-refractivity contribution in [3.63, 3.8) is 0 Å². The standard InChI is InChI=1S/C52H52N12O7/c1-33-43-25-40(8-9-42(43)51(69)64(57-33)45-11-12-46(65)56-50(45)68)59-18-20-61(21-19-59)52(70)62-29-37(30-62)24-48(67)60-16-14-34(15-17-60)32-71-41-27-54-49(55-28-41)39-7-3-5-36(23-39)31-63-47(66)13-10-44(58-63)38-6-2-4-35(22-38)26-53/h2-10,13,22-23,25,27-28,34,37,45H,11-12,14-21,24,29-32H2,1H3,(H,56,65,68). The topological polar surface area (TPSA) is 222 Å². The lowest BCUT2D eigenvalue weighted by Gasteiger charge is -2.44. The molecule has 4 aliphatic rings. The zero-order valence-corrected chi connectivity index (χ0v) is 39.3. The molecule has 0 aliphatic carbocycles. The number of hydrogen-bond acceptors (Lipinski definition) is 13. The number of piperidine rings is 2. The minimum atomic E-state index is -0.832. The maximum atomic E-state index is 13.4. The number of amides is 5. The number of aryl methyl sites for hydroxylation is 1. The summed E-state index contributed by atoms with van der Waals surface area (Å²) in [5, 5.41) is 21.8. The number of nitrogens with one attached hydrogen (secondary N) is 1. The number of nitriles is 1. The van der Waals surface area contributed by atoms with E-state index >= 15 is 0 Å². The number of benzene rings is 3. The van der Waals surface area contributed by atoms with Crippen molar-refractivity contribution in [2.24, 2.45) is 11.8 Å². The van der Waals surface area contributed by atoms with E-state index in [-0.39, 0.29) is 60.2 Å². The monoisotopic (exact) mass is 956 g/mol. The van der Waals surface area contributed by atoms with E-state index in [1.165, 1.54) is 15.4 Å². The van der Waals surface area contributed by atoms with Gasteiger partial charge in [0.2, 0.25) is 11.8 Å². The van der Waals surface area contributed by atoms with Crippen LogP contribution in [0.2, 0.25) is 0 Å². The number of ether oxygens (including phenoxy) is 1. The molecule has 19 heteroatoms. The average Bonchev–Trinajstić information content (AvgIpc) is 3.38. The van der Waals surface area contributed by atoms with Crippen LogP contribution in [0.15, 0.2) is 101 Å². The molecule has 4 saturated heterocycles. The Morgan fingerprint density at radius 2 is 1.54 bits per heavy atom. The van der Waals surface area contributed by atoms with Crippen LogP contribution in [0.25, 0.3) is 33.4 Å². The zero-order chi connectivity index (χ0) is 49.2. The van der Waals surface area contributed by atoms with Gasteiger partial charge in [0.15, 0.2) is 11.6 Å². The molecule has 3 aromatic heterocycles. The van der Waals surface area contributed by atoms with Gasteiger partial charge in [-0.15, -0.1) is 0 Å². The molecule has 71 heavy (non-hydrogen) atoms. The summed E-state index contributed by atoms with van der Waals surface area (Å²) in [6.45, 7) is 7.30. The number of anilines is 1. The van der Waals surface area contributed by atoms with Gasteiger partial charge in [0.05, 0.1) is 54.0 Å². The van der Waals surface area contributed by atoms with E-state index in [1.54, 1.807) is 49.6 Å². The van der Waals surface area contributed by atoms with Crippen LogP contribution in [-0.4, -0.2) is 127 Å². The van der Waals surface area contributed by atoms with Gasteiger partial charge in [-0.05, 0) is 80.1 Å². The van der Waals surface area contributed by atoms with Crippen LogP contribution in [0.5, 0.6) is 5.75 Å². The highest BCUT2D eigenvalue weighted by Crippen LogP contribution is 2.28. The van der Waals surface area contributed by atoms with E-state index in [1.807, 2.05) is 57.2 Å². The molecule has 1 atom stereocenters. The molecule has 10 rings (SSSR count). The molecule has 0 saturated carbocycles. The maximum Gasteiger partial charge on any atom is 0.320 e. The summed E-state index contributed by atoms with van der Waals surface area (Å²) in [6.07, 6.45) is 5.76. The van der Waals surface area contributed by atoms with Gasteiger partial charge in [0.1, 0.15) is 6.04 Å². The van der Waals surface area contributed by atoms with Crippen molar-refractivity contribution < 1.29 is 23.9 Å². The van der Waals surface area contributed by atoms with Crippen molar-refractivity contribution in [2.75, 3.05) is 63.9 Å². The van der Waals surface area contributed by atoms with Crippen LogP contribution < -0.4 is 26.1 Å². The van der Waals surface area contributed by atoms with Gasteiger partial charge < -0.3 is 24.3 Å². The van der Waals surface area contributed by atoms with Gasteiger partial charge in [-0.2, -0.15) is 15.5 Å². The Hall–Kier alpha value is -8.27. The largest absolute Gasteiger partial charge is 0.490 e. The summed E-state index contributed by atoms with van der Waals surface area (Å²) in [4.78, 5) is 93.9. The Bertz CT molecular complexity index is 3200. The first-order valence-corrected chi connectivity index (χ1v) is 24.0. The molecule has 362 valence electrons. The molecule has 0 spiro atoms. The fourth-order valence-electron chi connectivity index (χ4n) is 9.86. The highest BCUT2D eigenvalue weighted by Gasteiger charge is 2.37. The number of likely N-dealkylation sites (tertiary alicyclic amines) is 2. The van der Waals surface area contributed by atoms with Crippen molar-refractivity contribution >= 4 is 40.2 Å². The summed E-state index contributed by atoms with van der Waals surface area (Å²) < 4.78 is 8.69. The first-order chi connectivity index (χ1) is 34.5. The quantitative estimate of drug-likeness (QED) is 0.181. The van der Waals surface area contributed by atoms with Gasteiger partial charge in [0.25, 0.3) is 17.0 Å². The molecule has 0 bridgehead atoms. The maximum absolute atomic E-state index is 13.4. The number of imide groups is 1. The third kappa shape index (κ3) is 10.1. The van der Waals surface area contributed by atoms with Crippen molar-refractivity contribution in [1.29, 1.82) is 5.26 Å². The molecule has 4 fully saturated rings. The molecule has 3 aromatic carbocycles. The molecule has 6 aromatic rings. The molecule has 19 nitrogen and oxygen atoms in total. The summed E-state index contributed by atoms with van der Waals surface area (Å²) in [7, 11) is 0. The molecule has 7 heterocycles. The van der Waals surface area contributed by atoms with Gasteiger partial charge in [-0.3, -0.25) is 29.3 Å². The highest BCUT2D eigenvalue weighted by atomic mass is 16.5. The molecule has 1 unspecified atom stereocenters. The Morgan fingerprint density at radius 3 is 2.30 bits per heavy atom. The molecule has 0 radical (unpaired) electrons. The summed E-state index contributed by atoms with van der Waals surface area (Å²) in [6, 6.07) is 24.7. The van der Waals surface area contributed by atoms with Crippen molar-refractivity contribution in [1.82, 2.24) is 49.5 Å². The lowest BCUT2D eigenvalue weighted by atomic mass is 9.93. The second-order valence-electron chi connectivity index (χ2n) is 18.7. The number of nitrogens with zero attached hydrogens (tertiary/aromatic N) is 11. The van der Waals surface area contributed by atoms with Crippen molar-refractivity contribution in [3.8, 4) is 34.5 Å². The number of rotatable bonds is 11. The number of fused-ring (bicyclic) bond motifs is 1. The fourth-order valence-corrected chi connectivity index (χ4v) is 9.86. The molecular formula is C52H52N12O7.